The van der Waals surface area contributed by atoms with Crippen LogP contribution in [-0.2, 0) is 0 Å². The van der Waals surface area contributed by atoms with E-state index in [2.05, 4.69) is 19.1 Å². The van der Waals surface area contributed by atoms with Gasteiger partial charge in [0, 0.05) is 0 Å². The molecule has 0 aromatic rings. The van der Waals surface area contributed by atoms with Crippen molar-refractivity contribution in [1.29, 1.82) is 0 Å². The Morgan fingerprint density at radius 1 is 1.22 bits per heavy atom. The normalized spacial score (nSPS) is 31.2. The van der Waals surface area contributed by atoms with Gasteiger partial charge in [-0.2, -0.15) is 0 Å². The Labute approximate surface area is 57.0 Å². The van der Waals surface area contributed by atoms with E-state index in [0.29, 0.717) is 0 Å². The Morgan fingerprint density at radius 2 is 1.78 bits per heavy atom. The molecular formula is C9H14. The van der Waals surface area contributed by atoms with E-state index < -0.39 is 0 Å². The van der Waals surface area contributed by atoms with Crippen molar-refractivity contribution < 1.29 is 0 Å². The summed E-state index contributed by atoms with van der Waals surface area (Å²) in [5.41, 5.74) is 0.777. The fourth-order valence-corrected chi connectivity index (χ4v) is 2.50. The average molecular weight is 122 g/mol. The first-order valence-corrected chi connectivity index (χ1v) is 3.96. The molecule has 0 radical (unpaired) electrons. The Hall–Kier alpha value is -0.260. The summed E-state index contributed by atoms with van der Waals surface area (Å²) >= 11 is 0. The third-order valence-electron chi connectivity index (χ3n) is 2.83. The van der Waals surface area contributed by atoms with Crippen molar-refractivity contribution in [2.75, 3.05) is 0 Å². The van der Waals surface area contributed by atoms with Gasteiger partial charge in [-0.3, -0.25) is 0 Å². The molecule has 2 aliphatic rings. The van der Waals surface area contributed by atoms with Crippen LogP contribution < -0.4 is 0 Å². The third-order valence-corrected chi connectivity index (χ3v) is 2.83. The smallest absolute Gasteiger partial charge is 0.0223 e. The monoisotopic (exact) mass is 122 g/mol. The summed E-state index contributed by atoms with van der Waals surface area (Å²) in [5.74, 6) is 1.02. The Balaban J connectivity index is 1.98. The first kappa shape index (κ1) is 5.52. The van der Waals surface area contributed by atoms with Gasteiger partial charge >= 0.3 is 0 Å². The zero-order chi connectivity index (χ0) is 6.32. The van der Waals surface area contributed by atoms with Gasteiger partial charge in [0.05, 0.1) is 0 Å². The molecule has 0 heteroatoms. The lowest BCUT2D eigenvalue weighted by atomic mass is 9.61. The summed E-state index contributed by atoms with van der Waals surface area (Å²) in [6.45, 7) is 2.36. The maximum atomic E-state index is 2.36. The summed E-state index contributed by atoms with van der Waals surface area (Å²) in [4.78, 5) is 0. The maximum Gasteiger partial charge on any atom is -0.0223 e. The van der Waals surface area contributed by atoms with Crippen LogP contribution in [0.15, 0.2) is 12.2 Å². The van der Waals surface area contributed by atoms with Gasteiger partial charge in [0.2, 0.25) is 0 Å². The molecule has 0 bridgehead atoms. The lowest BCUT2D eigenvalue weighted by Gasteiger charge is -2.43. The Kier molecular flexibility index (Phi) is 0.992. The molecule has 50 valence electrons. The van der Waals surface area contributed by atoms with Crippen molar-refractivity contribution in [3.05, 3.63) is 12.2 Å². The molecule has 9 heavy (non-hydrogen) atoms. The molecule has 1 saturated carbocycles. The third kappa shape index (κ3) is 0.726. The fourth-order valence-electron chi connectivity index (χ4n) is 2.50. The van der Waals surface area contributed by atoms with Crippen molar-refractivity contribution in [3.63, 3.8) is 0 Å². The van der Waals surface area contributed by atoms with Gasteiger partial charge in [-0.25, -0.2) is 0 Å². The minimum absolute atomic E-state index is 0.777. The predicted octanol–water partition coefficient (Wildman–Crippen LogP) is 2.75. The van der Waals surface area contributed by atoms with Crippen LogP contribution in [0.3, 0.4) is 0 Å². The molecule has 0 amide bonds. The van der Waals surface area contributed by atoms with E-state index in [4.69, 9.17) is 0 Å². The molecule has 0 nitrogen and oxygen atoms in total. The highest BCUT2D eigenvalue weighted by Gasteiger charge is 2.41. The van der Waals surface area contributed by atoms with E-state index >= 15 is 0 Å². The molecule has 0 heterocycles. The van der Waals surface area contributed by atoms with Crippen LogP contribution in [0.4, 0.5) is 0 Å². The fraction of sp³-hybridized carbons (Fsp3) is 0.778. The van der Waals surface area contributed by atoms with Gasteiger partial charge in [-0.15, -0.1) is 0 Å². The molecule has 1 fully saturated rings. The highest BCUT2D eigenvalue weighted by Crippen LogP contribution is 2.53. The van der Waals surface area contributed by atoms with E-state index in [1.165, 1.54) is 25.7 Å². The zero-order valence-electron chi connectivity index (χ0n) is 6.06. The van der Waals surface area contributed by atoms with Gasteiger partial charge < -0.3 is 0 Å². The van der Waals surface area contributed by atoms with Gasteiger partial charge in [0.1, 0.15) is 0 Å². The summed E-state index contributed by atoms with van der Waals surface area (Å²) in [5, 5.41) is 0. The van der Waals surface area contributed by atoms with Crippen molar-refractivity contribution >= 4 is 0 Å². The second-order valence-electron chi connectivity index (χ2n) is 3.89. The van der Waals surface area contributed by atoms with E-state index in [1.54, 1.807) is 0 Å². The SMILES string of the molecule is CC1CC2(CC=CC2)C1. The lowest BCUT2D eigenvalue weighted by molar-refractivity contribution is 0.0814. The summed E-state index contributed by atoms with van der Waals surface area (Å²) < 4.78 is 0. The van der Waals surface area contributed by atoms with Crippen molar-refractivity contribution in [2.24, 2.45) is 11.3 Å². The van der Waals surface area contributed by atoms with Crippen LogP contribution in [-0.4, -0.2) is 0 Å². The number of hydrogen-bond donors (Lipinski definition) is 0. The van der Waals surface area contributed by atoms with Crippen LogP contribution in [0, 0.1) is 11.3 Å². The number of rotatable bonds is 0. The number of allylic oxidation sites excluding steroid dienone is 2. The van der Waals surface area contributed by atoms with Crippen LogP contribution in [0.5, 0.6) is 0 Å². The molecule has 0 aliphatic heterocycles. The van der Waals surface area contributed by atoms with E-state index in [-0.39, 0.29) is 0 Å². The molecule has 0 unspecified atom stereocenters. The second-order valence-corrected chi connectivity index (χ2v) is 3.89. The minimum Gasteiger partial charge on any atom is -0.0880 e. The Morgan fingerprint density at radius 3 is 2.22 bits per heavy atom. The molecule has 2 aliphatic carbocycles. The summed E-state index contributed by atoms with van der Waals surface area (Å²) in [6, 6.07) is 0. The molecule has 0 saturated heterocycles. The molecular weight excluding hydrogens is 108 g/mol. The molecule has 1 spiro atoms. The first-order chi connectivity index (χ1) is 4.31. The molecule has 0 aromatic carbocycles. The van der Waals surface area contributed by atoms with Crippen molar-refractivity contribution in [3.8, 4) is 0 Å². The predicted molar refractivity (Wildman–Crippen MR) is 39.2 cm³/mol. The quantitative estimate of drug-likeness (QED) is 0.433. The van der Waals surface area contributed by atoms with E-state index in [0.717, 1.165) is 11.3 Å². The molecule has 0 atom stereocenters. The van der Waals surface area contributed by atoms with Crippen molar-refractivity contribution in [1.82, 2.24) is 0 Å². The minimum atomic E-state index is 0.777. The van der Waals surface area contributed by atoms with Crippen LogP contribution in [0.2, 0.25) is 0 Å². The largest absolute Gasteiger partial charge is 0.0880 e. The van der Waals surface area contributed by atoms with Gasteiger partial charge in [0.15, 0.2) is 0 Å². The molecule has 0 aromatic heterocycles. The van der Waals surface area contributed by atoms with Gasteiger partial charge in [0.25, 0.3) is 0 Å². The van der Waals surface area contributed by atoms with E-state index in [1.807, 2.05) is 0 Å². The summed E-state index contributed by atoms with van der Waals surface area (Å²) in [7, 11) is 0. The van der Waals surface area contributed by atoms with Crippen LogP contribution in [0.1, 0.15) is 32.6 Å². The molecule has 2 rings (SSSR count). The highest BCUT2D eigenvalue weighted by atomic mass is 14.5. The zero-order valence-corrected chi connectivity index (χ0v) is 6.06. The topological polar surface area (TPSA) is 0 Å². The van der Waals surface area contributed by atoms with Gasteiger partial charge in [-0.05, 0) is 37.0 Å². The summed E-state index contributed by atoms with van der Waals surface area (Å²) in [6.07, 6.45) is 10.4. The molecule has 0 N–H and O–H groups in total. The van der Waals surface area contributed by atoms with Crippen LogP contribution >= 0.6 is 0 Å². The van der Waals surface area contributed by atoms with E-state index in [9.17, 15) is 0 Å². The van der Waals surface area contributed by atoms with Crippen molar-refractivity contribution in [2.45, 2.75) is 32.6 Å². The highest BCUT2D eigenvalue weighted by molar-refractivity contribution is 5.07. The number of hydrogen-bond acceptors (Lipinski definition) is 0. The standard InChI is InChI=1S/C9H14/c1-8-6-9(7-8)4-2-3-5-9/h2-3,8H,4-7H2,1H3. The van der Waals surface area contributed by atoms with Gasteiger partial charge in [-0.1, -0.05) is 19.1 Å². The maximum absolute atomic E-state index is 2.36. The Bertz CT molecular complexity index is 128. The first-order valence-electron chi connectivity index (χ1n) is 3.96. The lowest BCUT2D eigenvalue weighted by Crippen LogP contribution is -2.32. The second kappa shape index (κ2) is 1.62. The van der Waals surface area contributed by atoms with Crippen LogP contribution in [0.25, 0.3) is 0 Å². The average Bonchev–Trinajstić information content (AvgIpc) is 2.12.